The predicted molar refractivity (Wildman–Crippen MR) is 103 cm³/mol. The van der Waals surface area contributed by atoms with Crippen LogP contribution in [0.4, 0.5) is 10.1 Å². The normalized spacial score (nSPS) is 14.4. The molecule has 3 aromatic rings. The molecule has 0 unspecified atom stereocenters. The summed E-state index contributed by atoms with van der Waals surface area (Å²) in [7, 11) is 1.39. The van der Waals surface area contributed by atoms with E-state index in [0.29, 0.717) is 11.3 Å². The molecule has 1 aliphatic heterocycles. The molecule has 6 heteroatoms. The van der Waals surface area contributed by atoms with Crippen LogP contribution in [0.2, 0.25) is 0 Å². The summed E-state index contributed by atoms with van der Waals surface area (Å²) < 4.78 is 20.7. The maximum atomic E-state index is 13.9. The van der Waals surface area contributed by atoms with Crippen molar-refractivity contribution in [3.63, 3.8) is 0 Å². The number of anilines is 1. The summed E-state index contributed by atoms with van der Waals surface area (Å²) in [6.07, 6.45) is 5.60. The number of methoxy groups -OCH3 is 1. The zero-order chi connectivity index (χ0) is 18.8. The average Bonchev–Trinajstić information content (AvgIpc) is 3.21. The molecule has 0 saturated carbocycles. The highest BCUT2D eigenvalue weighted by Gasteiger charge is 2.14. The van der Waals surface area contributed by atoms with Crippen LogP contribution in [0.1, 0.15) is 19.3 Å². The summed E-state index contributed by atoms with van der Waals surface area (Å²) in [6.45, 7) is 2.17. The second-order valence-corrected chi connectivity index (χ2v) is 6.72. The minimum absolute atomic E-state index is 0.0895. The Hall–Kier alpha value is -3.02. The number of halogens is 1. The van der Waals surface area contributed by atoms with Crippen molar-refractivity contribution in [2.45, 2.75) is 19.3 Å². The Morgan fingerprint density at radius 2 is 1.81 bits per heavy atom. The molecular weight excluding hydrogens is 345 g/mol. The predicted octanol–water partition coefficient (Wildman–Crippen LogP) is 4.38. The Morgan fingerprint density at radius 3 is 2.59 bits per heavy atom. The molecule has 0 amide bonds. The van der Waals surface area contributed by atoms with Gasteiger partial charge in [0.25, 0.3) is 0 Å². The van der Waals surface area contributed by atoms with E-state index in [2.05, 4.69) is 22.1 Å². The summed E-state index contributed by atoms with van der Waals surface area (Å²) >= 11 is 0. The van der Waals surface area contributed by atoms with Crippen molar-refractivity contribution in [1.29, 1.82) is 0 Å². The van der Waals surface area contributed by atoms with E-state index in [1.807, 2.05) is 24.4 Å². The van der Waals surface area contributed by atoms with Gasteiger partial charge in [-0.1, -0.05) is 6.07 Å². The highest BCUT2D eigenvalue weighted by atomic mass is 19.1. The number of phenolic OH excluding ortho intramolecular Hbond substituents is 1. The van der Waals surface area contributed by atoms with Gasteiger partial charge in [-0.05, 0) is 55.7 Å². The SMILES string of the molecule is COc1cc(-c2ccn(-c3cccc(N4CCCCC4)c3)n2)cc(F)c1O. The largest absolute Gasteiger partial charge is 0.502 e. The lowest BCUT2D eigenvalue weighted by molar-refractivity contribution is 0.357. The van der Waals surface area contributed by atoms with Crippen LogP contribution in [-0.2, 0) is 0 Å². The quantitative estimate of drug-likeness (QED) is 0.743. The van der Waals surface area contributed by atoms with Gasteiger partial charge in [-0.3, -0.25) is 0 Å². The standard InChI is InChI=1S/C21H22FN3O2/c1-27-20-13-15(12-18(22)21(20)26)19-8-11-25(23-19)17-7-5-6-16(14-17)24-9-3-2-4-10-24/h5-8,11-14,26H,2-4,9-10H2,1H3. The third kappa shape index (κ3) is 3.47. The molecule has 0 aliphatic carbocycles. The molecule has 1 N–H and O–H groups in total. The average molecular weight is 367 g/mol. The van der Waals surface area contributed by atoms with Crippen LogP contribution in [0.25, 0.3) is 16.9 Å². The number of phenols is 1. The van der Waals surface area contributed by atoms with Crippen LogP contribution in [0.5, 0.6) is 11.5 Å². The fourth-order valence-electron chi connectivity index (χ4n) is 3.48. The molecule has 1 saturated heterocycles. The minimum Gasteiger partial charge on any atom is -0.502 e. The van der Waals surface area contributed by atoms with E-state index in [1.165, 1.54) is 38.1 Å². The van der Waals surface area contributed by atoms with E-state index in [0.717, 1.165) is 18.8 Å². The number of hydrogen-bond acceptors (Lipinski definition) is 4. The van der Waals surface area contributed by atoms with Crippen molar-refractivity contribution >= 4 is 5.69 Å². The van der Waals surface area contributed by atoms with Gasteiger partial charge in [0.2, 0.25) is 0 Å². The number of piperidine rings is 1. The fourth-order valence-corrected chi connectivity index (χ4v) is 3.48. The topological polar surface area (TPSA) is 50.5 Å². The summed E-state index contributed by atoms with van der Waals surface area (Å²) in [5.74, 6) is -1.13. The Balaban J connectivity index is 1.64. The minimum atomic E-state index is -0.731. The van der Waals surface area contributed by atoms with Gasteiger partial charge in [0.1, 0.15) is 0 Å². The van der Waals surface area contributed by atoms with Crippen LogP contribution in [0.15, 0.2) is 48.7 Å². The molecule has 0 atom stereocenters. The van der Waals surface area contributed by atoms with Gasteiger partial charge in [-0.25, -0.2) is 9.07 Å². The Bertz CT molecular complexity index is 948. The van der Waals surface area contributed by atoms with E-state index in [9.17, 15) is 9.50 Å². The first kappa shape index (κ1) is 17.4. The van der Waals surface area contributed by atoms with Crippen LogP contribution < -0.4 is 9.64 Å². The van der Waals surface area contributed by atoms with Crippen LogP contribution in [0, 0.1) is 5.82 Å². The first-order valence-electron chi connectivity index (χ1n) is 9.13. The van der Waals surface area contributed by atoms with Crippen molar-refractivity contribution in [2.24, 2.45) is 0 Å². The second kappa shape index (κ2) is 7.31. The van der Waals surface area contributed by atoms with Gasteiger partial charge in [0.15, 0.2) is 17.3 Å². The van der Waals surface area contributed by atoms with Crippen LogP contribution in [-0.4, -0.2) is 35.1 Å². The first-order chi connectivity index (χ1) is 13.2. The molecule has 27 heavy (non-hydrogen) atoms. The van der Waals surface area contributed by atoms with Gasteiger partial charge in [-0.2, -0.15) is 5.10 Å². The molecule has 140 valence electrons. The van der Waals surface area contributed by atoms with Gasteiger partial charge in [0, 0.05) is 30.5 Å². The molecule has 2 aromatic carbocycles. The number of aromatic hydroxyl groups is 1. The Labute approximate surface area is 157 Å². The molecule has 0 bridgehead atoms. The van der Waals surface area contributed by atoms with Crippen molar-refractivity contribution in [1.82, 2.24) is 9.78 Å². The zero-order valence-electron chi connectivity index (χ0n) is 15.2. The van der Waals surface area contributed by atoms with Gasteiger partial charge >= 0.3 is 0 Å². The second-order valence-electron chi connectivity index (χ2n) is 6.72. The van der Waals surface area contributed by atoms with Crippen LogP contribution in [0.3, 0.4) is 0 Å². The fraction of sp³-hybridized carbons (Fsp3) is 0.286. The monoisotopic (exact) mass is 367 g/mol. The number of nitrogens with zero attached hydrogens (tertiary/aromatic N) is 3. The summed E-state index contributed by atoms with van der Waals surface area (Å²) in [6, 6.07) is 12.9. The molecule has 0 radical (unpaired) electrons. The van der Waals surface area contributed by atoms with E-state index in [1.54, 1.807) is 10.7 Å². The third-order valence-electron chi connectivity index (χ3n) is 4.95. The third-order valence-corrected chi connectivity index (χ3v) is 4.95. The van der Waals surface area contributed by atoms with Crippen LogP contribution >= 0.6 is 0 Å². The lowest BCUT2D eigenvalue weighted by Gasteiger charge is -2.29. The van der Waals surface area contributed by atoms with E-state index >= 15 is 0 Å². The van der Waals surface area contributed by atoms with Crippen molar-refractivity contribution in [2.75, 3.05) is 25.1 Å². The number of benzene rings is 2. The van der Waals surface area contributed by atoms with E-state index in [-0.39, 0.29) is 5.75 Å². The van der Waals surface area contributed by atoms with Crippen molar-refractivity contribution < 1.29 is 14.2 Å². The van der Waals surface area contributed by atoms with E-state index in [4.69, 9.17) is 4.74 Å². The highest BCUT2D eigenvalue weighted by Crippen LogP contribution is 2.34. The smallest absolute Gasteiger partial charge is 0.194 e. The van der Waals surface area contributed by atoms with Gasteiger partial charge < -0.3 is 14.7 Å². The zero-order valence-corrected chi connectivity index (χ0v) is 15.2. The summed E-state index contributed by atoms with van der Waals surface area (Å²) in [5.41, 5.74) is 3.31. The maximum Gasteiger partial charge on any atom is 0.194 e. The lowest BCUT2D eigenvalue weighted by atomic mass is 10.1. The molecular formula is C21H22FN3O2. The highest BCUT2D eigenvalue weighted by molar-refractivity contribution is 5.64. The van der Waals surface area contributed by atoms with Crippen molar-refractivity contribution in [3.05, 3.63) is 54.5 Å². The summed E-state index contributed by atoms with van der Waals surface area (Å²) in [4.78, 5) is 2.40. The maximum absolute atomic E-state index is 13.9. The molecule has 1 fully saturated rings. The number of hydrogen-bond donors (Lipinski definition) is 1. The molecule has 1 aliphatic rings. The molecule has 5 nitrogen and oxygen atoms in total. The van der Waals surface area contributed by atoms with Gasteiger partial charge in [-0.15, -0.1) is 0 Å². The lowest BCUT2D eigenvalue weighted by Crippen LogP contribution is -2.29. The molecule has 2 heterocycles. The summed E-state index contributed by atoms with van der Waals surface area (Å²) in [5, 5.41) is 14.3. The Kier molecular flexibility index (Phi) is 4.71. The number of rotatable bonds is 4. The van der Waals surface area contributed by atoms with Gasteiger partial charge in [0.05, 0.1) is 18.5 Å². The number of ether oxygens (including phenoxy) is 1. The molecule has 0 spiro atoms. The first-order valence-corrected chi connectivity index (χ1v) is 9.13. The van der Waals surface area contributed by atoms with E-state index < -0.39 is 11.6 Å². The Morgan fingerprint density at radius 1 is 1.04 bits per heavy atom. The molecule has 1 aromatic heterocycles. The molecule has 4 rings (SSSR count). The van der Waals surface area contributed by atoms with Crippen molar-refractivity contribution in [3.8, 4) is 28.4 Å². The number of aromatic nitrogens is 2.